The highest BCUT2D eigenvalue weighted by Crippen LogP contribution is 2.31. The van der Waals surface area contributed by atoms with Gasteiger partial charge in [-0.05, 0) is 42.8 Å². The van der Waals surface area contributed by atoms with E-state index in [9.17, 15) is 4.79 Å². The standard InChI is InChI=1S/C26H26N4O2/c31-14-12-28-26(32)22-15-25(29-24-8-2-1-6-21(22)24)19-10-13-30(17-19)16-18-5-3-9-23-20(18)7-4-11-27-23/h1-9,11,15,19,31H,10,12-14,16-17H2,(H,28,32)/t19-/m1/s1. The van der Waals surface area contributed by atoms with Gasteiger partial charge in [0.05, 0.1) is 23.2 Å². The molecule has 2 N–H and O–H groups in total. The average Bonchev–Trinajstić information content (AvgIpc) is 3.30. The predicted molar refractivity (Wildman–Crippen MR) is 126 cm³/mol. The first-order valence-electron chi connectivity index (χ1n) is 11.1. The number of amides is 1. The number of benzene rings is 2. The Hall–Kier alpha value is -3.35. The molecule has 0 radical (unpaired) electrons. The van der Waals surface area contributed by atoms with Crippen LogP contribution in [0.2, 0.25) is 0 Å². The van der Waals surface area contributed by atoms with E-state index in [-0.39, 0.29) is 25.0 Å². The number of carbonyl (C=O) groups is 1. The molecule has 0 bridgehead atoms. The molecule has 1 aliphatic rings. The van der Waals surface area contributed by atoms with Crippen LogP contribution in [-0.4, -0.2) is 52.1 Å². The molecule has 1 atom stereocenters. The van der Waals surface area contributed by atoms with Crippen molar-refractivity contribution in [2.45, 2.75) is 18.9 Å². The molecule has 0 spiro atoms. The number of nitrogens with one attached hydrogen (secondary N) is 1. The highest BCUT2D eigenvalue weighted by Gasteiger charge is 2.27. The molecule has 1 amide bonds. The van der Waals surface area contributed by atoms with Gasteiger partial charge < -0.3 is 10.4 Å². The van der Waals surface area contributed by atoms with Crippen LogP contribution >= 0.6 is 0 Å². The van der Waals surface area contributed by atoms with Gasteiger partial charge in [-0.15, -0.1) is 0 Å². The van der Waals surface area contributed by atoms with E-state index in [1.807, 2.05) is 48.7 Å². The van der Waals surface area contributed by atoms with Gasteiger partial charge in [0, 0.05) is 48.2 Å². The molecule has 32 heavy (non-hydrogen) atoms. The zero-order valence-corrected chi connectivity index (χ0v) is 17.9. The Labute approximate surface area is 186 Å². The molecule has 1 fully saturated rings. The van der Waals surface area contributed by atoms with E-state index in [0.29, 0.717) is 5.56 Å². The number of hydrogen-bond donors (Lipinski definition) is 2. The van der Waals surface area contributed by atoms with Crippen molar-refractivity contribution in [2.75, 3.05) is 26.2 Å². The third-order valence-corrected chi connectivity index (χ3v) is 6.20. The molecule has 2 aromatic heterocycles. The number of nitrogens with zero attached hydrogens (tertiary/aromatic N) is 3. The Morgan fingerprint density at radius 3 is 2.81 bits per heavy atom. The molecule has 0 saturated carbocycles. The van der Waals surface area contributed by atoms with Crippen molar-refractivity contribution in [2.24, 2.45) is 0 Å². The SMILES string of the molecule is O=C(NCCO)c1cc([C@@H]2CCN(Cc3cccc4ncccc34)C2)nc2ccccc12. The quantitative estimate of drug-likeness (QED) is 0.493. The molecule has 5 rings (SSSR count). The molecule has 6 nitrogen and oxygen atoms in total. The van der Waals surface area contributed by atoms with Gasteiger partial charge in [0.25, 0.3) is 5.91 Å². The molecule has 162 valence electrons. The smallest absolute Gasteiger partial charge is 0.252 e. The summed E-state index contributed by atoms with van der Waals surface area (Å²) in [6.07, 6.45) is 2.84. The number of fused-ring (bicyclic) bond motifs is 2. The number of aliphatic hydroxyl groups excluding tert-OH is 1. The van der Waals surface area contributed by atoms with Crippen LogP contribution < -0.4 is 5.32 Å². The number of rotatable bonds is 6. The second-order valence-corrected chi connectivity index (χ2v) is 8.30. The van der Waals surface area contributed by atoms with Crippen molar-refractivity contribution in [3.63, 3.8) is 0 Å². The maximum Gasteiger partial charge on any atom is 0.252 e. The summed E-state index contributed by atoms with van der Waals surface area (Å²) in [7, 11) is 0. The number of aromatic nitrogens is 2. The highest BCUT2D eigenvalue weighted by atomic mass is 16.3. The topological polar surface area (TPSA) is 78.4 Å². The minimum Gasteiger partial charge on any atom is -0.395 e. The summed E-state index contributed by atoms with van der Waals surface area (Å²) in [6.45, 7) is 2.92. The second-order valence-electron chi connectivity index (χ2n) is 8.30. The number of carbonyl (C=O) groups excluding carboxylic acids is 1. The number of para-hydroxylation sites is 1. The molecule has 6 heteroatoms. The van der Waals surface area contributed by atoms with Crippen LogP contribution in [0.4, 0.5) is 0 Å². The van der Waals surface area contributed by atoms with E-state index in [2.05, 4.69) is 33.4 Å². The summed E-state index contributed by atoms with van der Waals surface area (Å²) in [4.78, 5) is 24.6. The van der Waals surface area contributed by atoms with Crippen molar-refractivity contribution in [1.82, 2.24) is 20.2 Å². The van der Waals surface area contributed by atoms with Crippen LogP contribution in [0, 0.1) is 0 Å². The van der Waals surface area contributed by atoms with Crippen LogP contribution in [-0.2, 0) is 6.54 Å². The Morgan fingerprint density at radius 1 is 1.06 bits per heavy atom. The largest absolute Gasteiger partial charge is 0.395 e. The minimum atomic E-state index is -0.169. The molecule has 2 aromatic carbocycles. The van der Waals surface area contributed by atoms with Crippen molar-refractivity contribution in [1.29, 1.82) is 0 Å². The van der Waals surface area contributed by atoms with Gasteiger partial charge in [-0.1, -0.05) is 36.4 Å². The lowest BCUT2D eigenvalue weighted by Gasteiger charge is -2.18. The molecule has 3 heterocycles. The minimum absolute atomic E-state index is 0.0805. The van der Waals surface area contributed by atoms with Crippen molar-refractivity contribution < 1.29 is 9.90 Å². The van der Waals surface area contributed by atoms with Gasteiger partial charge in [-0.2, -0.15) is 0 Å². The van der Waals surface area contributed by atoms with E-state index < -0.39 is 0 Å². The Morgan fingerprint density at radius 2 is 1.91 bits per heavy atom. The molecule has 0 aliphatic carbocycles. The Kier molecular flexibility index (Phi) is 5.79. The summed E-state index contributed by atoms with van der Waals surface area (Å²) in [5.41, 5.74) is 4.72. The molecular weight excluding hydrogens is 400 g/mol. The lowest BCUT2D eigenvalue weighted by molar-refractivity contribution is 0.0946. The van der Waals surface area contributed by atoms with Gasteiger partial charge in [-0.25, -0.2) is 0 Å². The summed E-state index contributed by atoms with van der Waals surface area (Å²) < 4.78 is 0. The van der Waals surface area contributed by atoms with Crippen molar-refractivity contribution in [3.8, 4) is 0 Å². The maximum atomic E-state index is 12.7. The third kappa shape index (κ3) is 4.07. The third-order valence-electron chi connectivity index (χ3n) is 6.20. The highest BCUT2D eigenvalue weighted by molar-refractivity contribution is 6.06. The van der Waals surface area contributed by atoms with E-state index in [4.69, 9.17) is 10.1 Å². The van der Waals surface area contributed by atoms with Gasteiger partial charge in [-0.3, -0.25) is 19.7 Å². The summed E-state index contributed by atoms with van der Waals surface area (Å²) in [5.74, 6) is 0.106. The van der Waals surface area contributed by atoms with Gasteiger partial charge >= 0.3 is 0 Å². The van der Waals surface area contributed by atoms with E-state index >= 15 is 0 Å². The van der Waals surface area contributed by atoms with E-state index in [1.54, 1.807) is 0 Å². The molecule has 0 unspecified atom stereocenters. The normalized spacial score (nSPS) is 16.6. The van der Waals surface area contributed by atoms with Gasteiger partial charge in [0.1, 0.15) is 0 Å². The predicted octanol–water partition coefficient (Wildman–Crippen LogP) is 3.49. The number of pyridine rings is 2. The zero-order valence-electron chi connectivity index (χ0n) is 17.9. The van der Waals surface area contributed by atoms with E-state index in [1.165, 1.54) is 10.9 Å². The number of aliphatic hydroxyl groups is 1. The number of hydrogen-bond acceptors (Lipinski definition) is 5. The molecule has 1 saturated heterocycles. The first-order valence-corrected chi connectivity index (χ1v) is 11.1. The molecule has 1 aliphatic heterocycles. The maximum absolute atomic E-state index is 12.7. The van der Waals surface area contributed by atoms with Crippen LogP contribution in [0.3, 0.4) is 0 Å². The Bertz CT molecular complexity index is 1270. The zero-order chi connectivity index (χ0) is 21.9. The molecule has 4 aromatic rings. The fourth-order valence-corrected chi connectivity index (χ4v) is 4.62. The first kappa shape index (κ1) is 20.5. The second kappa shape index (κ2) is 9.02. The van der Waals surface area contributed by atoms with Gasteiger partial charge in [0.2, 0.25) is 0 Å². The average molecular weight is 427 g/mol. The summed E-state index contributed by atoms with van der Waals surface area (Å²) >= 11 is 0. The summed E-state index contributed by atoms with van der Waals surface area (Å²) in [6, 6.07) is 20.1. The van der Waals surface area contributed by atoms with E-state index in [0.717, 1.165) is 48.2 Å². The van der Waals surface area contributed by atoms with Gasteiger partial charge in [0.15, 0.2) is 0 Å². The first-order chi connectivity index (χ1) is 15.7. The molecular formula is C26H26N4O2. The van der Waals surface area contributed by atoms with Crippen molar-refractivity contribution in [3.05, 3.63) is 83.7 Å². The fourth-order valence-electron chi connectivity index (χ4n) is 4.62. The van der Waals surface area contributed by atoms with Crippen molar-refractivity contribution >= 4 is 27.7 Å². The van der Waals surface area contributed by atoms with Crippen LogP contribution in [0.1, 0.15) is 34.0 Å². The Balaban J connectivity index is 1.40. The lowest BCUT2D eigenvalue weighted by Crippen LogP contribution is -2.27. The number of likely N-dealkylation sites (tertiary alicyclic amines) is 1. The lowest BCUT2D eigenvalue weighted by atomic mass is 9.99. The summed E-state index contributed by atoms with van der Waals surface area (Å²) in [5, 5.41) is 13.9. The monoisotopic (exact) mass is 426 g/mol. The van der Waals surface area contributed by atoms with Crippen LogP contribution in [0.25, 0.3) is 21.8 Å². The fraction of sp³-hybridized carbons (Fsp3) is 0.269. The van der Waals surface area contributed by atoms with Crippen LogP contribution in [0.15, 0.2) is 66.9 Å². The van der Waals surface area contributed by atoms with Crippen LogP contribution in [0.5, 0.6) is 0 Å².